The van der Waals surface area contributed by atoms with E-state index >= 15 is 0 Å². The lowest BCUT2D eigenvalue weighted by Crippen LogP contribution is -2.53. The van der Waals surface area contributed by atoms with Gasteiger partial charge in [-0.15, -0.1) is 13.2 Å². The van der Waals surface area contributed by atoms with Crippen LogP contribution >= 0.6 is 0 Å². The summed E-state index contributed by atoms with van der Waals surface area (Å²) in [6.45, 7) is 1.13. The molecule has 1 N–H and O–H groups in total. The molecule has 0 unspecified atom stereocenters. The van der Waals surface area contributed by atoms with Crippen LogP contribution in [0.4, 0.5) is 19.0 Å². The van der Waals surface area contributed by atoms with Gasteiger partial charge in [-0.2, -0.15) is 0 Å². The highest BCUT2D eigenvalue weighted by molar-refractivity contribution is 5.81. The van der Waals surface area contributed by atoms with Crippen molar-refractivity contribution < 1.29 is 22.7 Å². The van der Waals surface area contributed by atoms with E-state index in [1.165, 1.54) is 30.6 Å². The van der Waals surface area contributed by atoms with Crippen molar-refractivity contribution in [3.05, 3.63) is 36.7 Å². The molecule has 1 amide bonds. The van der Waals surface area contributed by atoms with Crippen LogP contribution in [0.3, 0.4) is 0 Å². The molecule has 132 valence electrons. The second-order valence-corrected chi connectivity index (χ2v) is 5.55. The van der Waals surface area contributed by atoms with Gasteiger partial charge in [-0.25, -0.2) is 9.97 Å². The first-order valence-electron chi connectivity index (χ1n) is 7.50. The monoisotopic (exact) mass is 352 g/mol. The topological polar surface area (TPSA) is 67.4 Å². The van der Waals surface area contributed by atoms with Crippen molar-refractivity contribution in [2.75, 3.05) is 25.0 Å². The molecule has 0 bridgehead atoms. The molecule has 0 radical (unpaired) electrons. The normalized spacial score (nSPS) is 14.8. The maximum absolute atomic E-state index is 12.2. The van der Waals surface area contributed by atoms with Crippen molar-refractivity contribution in [2.24, 2.45) is 5.92 Å². The molecular formula is C16H15F3N4O2. The average Bonchev–Trinajstić information content (AvgIpc) is 2.53. The lowest BCUT2D eigenvalue weighted by atomic mass is 9.99. The molecule has 1 aliphatic rings. The van der Waals surface area contributed by atoms with Crippen molar-refractivity contribution in [1.82, 2.24) is 15.3 Å². The number of hydrogen-bond donors (Lipinski definition) is 1. The molecule has 1 aromatic carbocycles. The molecule has 1 saturated heterocycles. The van der Waals surface area contributed by atoms with E-state index < -0.39 is 6.36 Å². The number of ether oxygens (including phenoxy) is 1. The molecule has 0 saturated carbocycles. The number of rotatable bonds is 4. The molecule has 2 heterocycles. The van der Waals surface area contributed by atoms with Crippen LogP contribution in [-0.4, -0.2) is 42.4 Å². The van der Waals surface area contributed by atoms with E-state index in [1.807, 2.05) is 4.90 Å². The Morgan fingerprint density at radius 3 is 2.52 bits per heavy atom. The summed E-state index contributed by atoms with van der Waals surface area (Å²) >= 11 is 0. The van der Waals surface area contributed by atoms with Gasteiger partial charge in [0.2, 0.25) is 5.91 Å². The Labute approximate surface area is 141 Å². The number of alkyl halides is 3. The minimum absolute atomic E-state index is 0.00853. The van der Waals surface area contributed by atoms with E-state index in [4.69, 9.17) is 0 Å². The number of nitrogens with zero attached hydrogens (tertiary/aromatic N) is 3. The Morgan fingerprint density at radius 1 is 1.24 bits per heavy atom. The Hall–Kier alpha value is -2.84. The molecule has 0 aliphatic carbocycles. The fraction of sp³-hybridized carbons (Fsp3) is 0.312. The zero-order chi connectivity index (χ0) is 18.0. The predicted octanol–water partition coefficient (Wildman–Crippen LogP) is 2.22. The van der Waals surface area contributed by atoms with Crippen LogP contribution < -0.4 is 15.0 Å². The van der Waals surface area contributed by atoms with Gasteiger partial charge in [0.1, 0.15) is 17.9 Å². The Balaban J connectivity index is 1.71. The molecule has 25 heavy (non-hydrogen) atoms. The van der Waals surface area contributed by atoms with Crippen molar-refractivity contribution >= 4 is 11.7 Å². The molecule has 6 nitrogen and oxygen atoms in total. The third kappa shape index (κ3) is 3.98. The van der Waals surface area contributed by atoms with Gasteiger partial charge >= 0.3 is 6.36 Å². The van der Waals surface area contributed by atoms with Crippen LogP contribution in [0, 0.1) is 5.92 Å². The van der Waals surface area contributed by atoms with Gasteiger partial charge in [0, 0.05) is 31.8 Å². The van der Waals surface area contributed by atoms with Crippen molar-refractivity contribution in [3.63, 3.8) is 0 Å². The third-order valence-electron chi connectivity index (χ3n) is 3.86. The SMILES string of the molecule is CNC(=O)C1CN(c2cc(-c3ccc(OC(F)(F)F)cc3)ncn2)C1. The number of carbonyl (C=O) groups excluding carboxylic acids is 1. The van der Waals surface area contributed by atoms with Gasteiger partial charge in [-0.1, -0.05) is 0 Å². The molecule has 1 aliphatic heterocycles. The maximum Gasteiger partial charge on any atom is 0.573 e. The van der Waals surface area contributed by atoms with Crippen LogP contribution in [0.5, 0.6) is 5.75 Å². The van der Waals surface area contributed by atoms with E-state index in [0.29, 0.717) is 30.2 Å². The molecule has 1 fully saturated rings. The number of benzene rings is 1. The second kappa shape index (κ2) is 6.58. The fourth-order valence-corrected chi connectivity index (χ4v) is 2.54. The van der Waals surface area contributed by atoms with E-state index in [-0.39, 0.29) is 17.6 Å². The predicted molar refractivity (Wildman–Crippen MR) is 83.9 cm³/mol. The summed E-state index contributed by atoms with van der Waals surface area (Å²) in [5, 5.41) is 2.61. The third-order valence-corrected chi connectivity index (χ3v) is 3.86. The summed E-state index contributed by atoms with van der Waals surface area (Å²) in [7, 11) is 1.60. The van der Waals surface area contributed by atoms with Crippen molar-refractivity contribution in [2.45, 2.75) is 6.36 Å². The van der Waals surface area contributed by atoms with Crippen molar-refractivity contribution in [3.8, 4) is 17.0 Å². The summed E-state index contributed by atoms with van der Waals surface area (Å²) in [5.74, 6) is 0.301. The minimum atomic E-state index is -4.72. The van der Waals surface area contributed by atoms with Gasteiger partial charge in [0.05, 0.1) is 11.6 Å². The molecule has 0 spiro atoms. The van der Waals surface area contributed by atoms with Crippen LogP contribution in [0.25, 0.3) is 11.3 Å². The summed E-state index contributed by atoms with van der Waals surface area (Å²) in [5.41, 5.74) is 1.22. The Kier molecular flexibility index (Phi) is 4.47. The summed E-state index contributed by atoms with van der Waals surface area (Å²) in [6.07, 6.45) is -3.33. The highest BCUT2D eigenvalue weighted by Gasteiger charge is 2.33. The Bertz CT molecular complexity index is 759. The highest BCUT2D eigenvalue weighted by atomic mass is 19.4. The molecule has 2 aromatic rings. The van der Waals surface area contributed by atoms with Gasteiger partial charge in [0.25, 0.3) is 0 Å². The number of amides is 1. The van der Waals surface area contributed by atoms with E-state index in [2.05, 4.69) is 20.0 Å². The first kappa shape index (κ1) is 17.0. The van der Waals surface area contributed by atoms with Crippen LogP contribution in [-0.2, 0) is 4.79 Å². The maximum atomic E-state index is 12.2. The molecular weight excluding hydrogens is 337 g/mol. The largest absolute Gasteiger partial charge is 0.573 e. The number of aromatic nitrogens is 2. The van der Waals surface area contributed by atoms with Crippen LogP contribution in [0.15, 0.2) is 36.7 Å². The first-order valence-corrected chi connectivity index (χ1v) is 7.50. The van der Waals surface area contributed by atoms with Crippen molar-refractivity contribution in [1.29, 1.82) is 0 Å². The fourth-order valence-electron chi connectivity index (χ4n) is 2.54. The van der Waals surface area contributed by atoms with Gasteiger partial charge in [-0.3, -0.25) is 4.79 Å². The highest BCUT2D eigenvalue weighted by Crippen LogP contribution is 2.28. The smallest absolute Gasteiger partial charge is 0.406 e. The zero-order valence-electron chi connectivity index (χ0n) is 13.2. The summed E-state index contributed by atoms with van der Waals surface area (Å²) < 4.78 is 40.4. The van der Waals surface area contributed by atoms with Gasteiger partial charge in [0.15, 0.2) is 0 Å². The van der Waals surface area contributed by atoms with Crippen LogP contribution in [0.1, 0.15) is 0 Å². The van der Waals surface area contributed by atoms with Gasteiger partial charge in [-0.05, 0) is 24.3 Å². The second-order valence-electron chi connectivity index (χ2n) is 5.55. The molecule has 9 heteroatoms. The first-order chi connectivity index (χ1) is 11.9. The quantitative estimate of drug-likeness (QED) is 0.914. The zero-order valence-corrected chi connectivity index (χ0v) is 13.2. The molecule has 0 atom stereocenters. The average molecular weight is 352 g/mol. The molecule has 3 rings (SSSR count). The van der Waals surface area contributed by atoms with E-state index in [1.54, 1.807) is 13.1 Å². The number of carbonyl (C=O) groups is 1. The summed E-state index contributed by atoms with van der Waals surface area (Å²) in [4.78, 5) is 21.8. The molecule has 1 aromatic heterocycles. The summed E-state index contributed by atoms with van der Waals surface area (Å²) in [6, 6.07) is 7.19. The lowest BCUT2D eigenvalue weighted by Gasteiger charge is -2.38. The number of halogens is 3. The minimum Gasteiger partial charge on any atom is -0.406 e. The number of hydrogen-bond acceptors (Lipinski definition) is 5. The van der Waals surface area contributed by atoms with E-state index in [9.17, 15) is 18.0 Å². The lowest BCUT2D eigenvalue weighted by molar-refractivity contribution is -0.274. The Morgan fingerprint density at radius 2 is 1.92 bits per heavy atom. The van der Waals surface area contributed by atoms with E-state index in [0.717, 1.165) is 0 Å². The standard InChI is InChI=1S/C16H15F3N4O2/c1-20-15(24)11-7-23(8-11)14-6-13(21-9-22-14)10-2-4-12(5-3-10)25-16(17,18)19/h2-6,9,11H,7-8H2,1H3,(H,20,24). The van der Waals surface area contributed by atoms with Gasteiger partial charge < -0.3 is 15.0 Å². The number of anilines is 1. The van der Waals surface area contributed by atoms with Crippen LogP contribution in [0.2, 0.25) is 0 Å². The number of nitrogens with one attached hydrogen (secondary N) is 1.